The van der Waals surface area contributed by atoms with E-state index in [1.807, 2.05) is 30.3 Å². The third-order valence-electron chi connectivity index (χ3n) is 2.87. The Balaban J connectivity index is 1.62. The summed E-state index contributed by atoms with van der Waals surface area (Å²) < 4.78 is 10.7. The molecule has 0 aliphatic rings. The molecule has 19 heavy (non-hydrogen) atoms. The van der Waals surface area contributed by atoms with Crippen LogP contribution in [-0.4, -0.2) is 25.1 Å². The SMILES string of the molecule is CN(CCCOc1ccc(N)cc1)Cc1ccoc1. The predicted octanol–water partition coefficient (Wildman–Crippen LogP) is 2.76. The maximum absolute atomic E-state index is 5.65. The van der Waals surface area contributed by atoms with Crippen molar-refractivity contribution >= 4 is 5.69 Å². The smallest absolute Gasteiger partial charge is 0.119 e. The zero-order valence-corrected chi connectivity index (χ0v) is 11.2. The fourth-order valence-corrected chi connectivity index (χ4v) is 1.86. The Morgan fingerprint density at radius 1 is 1.21 bits per heavy atom. The molecule has 0 aliphatic heterocycles. The average Bonchev–Trinajstić information content (AvgIpc) is 2.89. The van der Waals surface area contributed by atoms with Gasteiger partial charge in [0.2, 0.25) is 0 Å². The minimum Gasteiger partial charge on any atom is -0.494 e. The molecule has 1 aromatic heterocycles. The molecule has 0 amide bonds. The minimum atomic E-state index is 0.708. The standard InChI is InChI=1S/C15H20N2O2/c1-17(11-13-7-10-18-12-13)8-2-9-19-15-5-3-14(16)4-6-15/h3-7,10,12H,2,8-9,11,16H2,1H3. The molecule has 1 aromatic carbocycles. The number of benzene rings is 1. The van der Waals surface area contributed by atoms with Crippen LogP contribution in [0.25, 0.3) is 0 Å². The van der Waals surface area contributed by atoms with Crippen LogP contribution in [0, 0.1) is 0 Å². The zero-order chi connectivity index (χ0) is 13.5. The van der Waals surface area contributed by atoms with Crippen molar-refractivity contribution < 1.29 is 9.15 Å². The van der Waals surface area contributed by atoms with Crippen LogP contribution < -0.4 is 10.5 Å². The number of nitrogens with zero attached hydrogens (tertiary/aromatic N) is 1. The Hall–Kier alpha value is -1.94. The topological polar surface area (TPSA) is 51.6 Å². The molecule has 1 heterocycles. The summed E-state index contributed by atoms with van der Waals surface area (Å²) in [6.07, 6.45) is 4.47. The predicted molar refractivity (Wildman–Crippen MR) is 76.0 cm³/mol. The Kier molecular flexibility index (Phi) is 4.86. The molecule has 2 N–H and O–H groups in total. The van der Waals surface area contributed by atoms with Crippen LogP contribution in [0.1, 0.15) is 12.0 Å². The normalized spacial score (nSPS) is 10.8. The van der Waals surface area contributed by atoms with Gasteiger partial charge in [0.1, 0.15) is 5.75 Å². The van der Waals surface area contributed by atoms with E-state index < -0.39 is 0 Å². The van der Waals surface area contributed by atoms with Gasteiger partial charge >= 0.3 is 0 Å². The van der Waals surface area contributed by atoms with Crippen LogP contribution in [0.5, 0.6) is 5.75 Å². The van der Waals surface area contributed by atoms with Crippen molar-refractivity contribution in [2.45, 2.75) is 13.0 Å². The summed E-state index contributed by atoms with van der Waals surface area (Å²) in [6, 6.07) is 9.47. The maximum Gasteiger partial charge on any atom is 0.119 e. The Morgan fingerprint density at radius 2 is 2.00 bits per heavy atom. The third kappa shape index (κ3) is 4.67. The molecule has 0 fully saturated rings. The summed E-state index contributed by atoms with van der Waals surface area (Å²) >= 11 is 0. The van der Waals surface area contributed by atoms with Crippen LogP contribution in [0.4, 0.5) is 5.69 Å². The van der Waals surface area contributed by atoms with Gasteiger partial charge < -0.3 is 19.8 Å². The third-order valence-corrected chi connectivity index (χ3v) is 2.87. The molecule has 0 unspecified atom stereocenters. The van der Waals surface area contributed by atoms with Crippen molar-refractivity contribution in [2.24, 2.45) is 0 Å². The lowest BCUT2D eigenvalue weighted by atomic mass is 10.3. The molecule has 0 saturated heterocycles. The first-order valence-corrected chi connectivity index (χ1v) is 6.42. The summed E-state index contributed by atoms with van der Waals surface area (Å²) in [4.78, 5) is 2.25. The maximum atomic E-state index is 5.65. The van der Waals surface area contributed by atoms with Crippen LogP contribution >= 0.6 is 0 Å². The summed E-state index contributed by atoms with van der Waals surface area (Å²) in [5.74, 6) is 0.867. The molecule has 0 atom stereocenters. The highest BCUT2D eigenvalue weighted by Gasteiger charge is 2.01. The molecule has 4 heteroatoms. The van der Waals surface area contributed by atoms with Crippen molar-refractivity contribution in [1.29, 1.82) is 0 Å². The van der Waals surface area contributed by atoms with Gasteiger partial charge in [-0.2, -0.15) is 0 Å². The van der Waals surface area contributed by atoms with E-state index in [-0.39, 0.29) is 0 Å². The lowest BCUT2D eigenvalue weighted by Gasteiger charge is -2.15. The largest absolute Gasteiger partial charge is 0.494 e. The van der Waals surface area contributed by atoms with E-state index in [0.29, 0.717) is 6.61 Å². The fourth-order valence-electron chi connectivity index (χ4n) is 1.86. The van der Waals surface area contributed by atoms with Crippen molar-refractivity contribution in [1.82, 2.24) is 4.90 Å². The van der Waals surface area contributed by atoms with E-state index in [0.717, 1.165) is 30.9 Å². The van der Waals surface area contributed by atoms with Crippen LogP contribution in [0.2, 0.25) is 0 Å². The highest BCUT2D eigenvalue weighted by molar-refractivity contribution is 5.41. The average molecular weight is 260 g/mol. The minimum absolute atomic E-state index is 0.708. The lowest BCUT2D eigenvalue weighted by molar-refractivity contribution is 0.258. The second-order valence-corrected chi connectivity index (χ2v) is 4.64. The number of hydrogen-bond acceptors (Lipinski definition) is 4. The molecule has 102 valence electrons. The number of furan rings is 1. The lowest BCUT2D eigenvalue weighted by Crippen LogP contribution is -2.20. The number of anilines is 1. The first-order chi connectivity index (χ1) is 9.24. The zero-order valence-electron chi connectivity index (χ0n) is 11.2. The van der Waals surface area contributed by atoms with E-state index in [9.17, 15) is 0 Å². The van der Waals surface area contributed by atoms with Crippen molar-refractivity contribution in [3.8, 4) is 5.75 Å². The van der Waals surface area contributed by atoms with Gasteiger partial charge in [-0.25, -0.2) is 0 Å². The highest BCUT2D eigenvalue weighted by atomic mass is 16.5. The van der Waals surface area contributed by atoms with E-state index in [1.165, 1.54) is 5.56 Å². The second kappa shape index (κ2) is 6.85. The van der Waals surface area contributed by atoms with Gasteiger partial charge in [0.05, 0.1) is 19.1 Å². The van der Waals surface area contributed by atoms with Gasteiger partial charge in [-0.05, 0) is 43.8 Å². The number of nitrogen functional groups attached to an aromatic ring is 1. The first kappa shape index (κ1) is 13.5. The second-order valence-electron chi connectivity index (χ2n) is 4.64. The molecule has 0 saturated carbocycles. The Bertz CT molecular complexity index is 465. The quantitative estimate of drug-likeness (QED) is 0.614. The monoisotopic (exact) mass is 260 g/mol. The number of rotatable bonds is 7. The van der Waals surface area contributed by atoms with Crippen molar-refractivity contribution in [2.75, 3.05) is 25.9 Å². The van der Waals surface area contributed by atoms with E-state index in [1.54, 1.807) is 12.5 Å². The van der Waals surface area contributed by atoms with Gasteiger partial charge in [0.15, 0.2) is 0 Å². The van der Waals surface area contributed by atoms with Gasteiger partial charge in [-0.1, -0.05) is 0 Å². The van der Waals surface area contributed by atoms with Crippen molar-refractivity contribution in [3.63, 3.8) is 0 Å². The Labute approximate surface area is 113 Å². The number of hydrogen-bond donors (Lipinski definition) is 1. The Morgan fingerprint density at radius 3 is 2.68 bits per heavy atom. The summed E-state index contributed by atoms with van der Waals surface area (Å²) in [5, 5.41) is 0. The van der Waals surface area contributed by atoms with Gasteiger partial charge in [-0.3, -0.25) is 0 Å². The first-order valence-electron chi connectivity index (χ1n) is 6.42. The fraction of sp³-hybridized carbons (Fsp3) is 0.333. The molecular formula is C15H20N2O2. The highest BCUT2D eigenvalue weighted by Crippen LogP contribution is 2.13. The molecule has 2 rings (SSSR count). The molecule has 0 spiro atoms. The summed E-state index contributed by atoms with van der Waals surface area (Å²) in [5.41, 5.74) is 7.57. The van der Waals surface area contributed by atoms with E-state index in [2.05, 4.69) is 11.9 Å². The molecule has 0 radical (unpaired) electrons. The van der Waals surface area contributed by atoms with Gasteiger partial charge in [-0.15, -0.1) is 0 Å². The summed E-state index contributed by atoms with van der Waals surface area (Å²) in [6.45, 7) is 2.60. The van der Waals surface area contributed by atoms with Crippen molar-refractivity contribution in [3.05, 3.63) is 48.4 Å². The van der Waals surface area contributed by atoms with Gasteiger partial charge in [0.25, 0.3) is 0 Å². The van der Waals surface area contributed by atoms with E-state index >= 15 is 0 Å². The molecule has 2 aromatic rings. The molecular weight excluding hydrogens is 240 g/mol. The number of ether oxygens (including phenoxy) is 1. The van der Waals surface area contributed by atoms with E-state index in [4.69, 9.17) is 14.9 Å². The molecule has 4 nitrogen and oxygen atoms in total. The molecule has 0 aliphatic carbocycles. The van der Waals surface area contributed by atoms with Crippen LogP contribution in [0.3, 0.4) is 0 Å². The number of nitrogens with two attached hydrogens (primary N) is 1. The molecule has 0 bridgehead atoms. The van der Waals surface area contributed by atoms with Crippen LogP contribution in [-0.2, 0) is 6.54 Å². The van der Waals surface area contributed by atoms with Crippen LogP contribution in [0.15, 0.2) is 47.3 Å². The summed E-state index contributed by atoms with van der Waals surface area (Å²) in [7, 11) is 2.09. The van der Waals surface area contributed by atoms with Gasteiger partial charge in [0, 0.05) is 24.3 Å².